The quantitative estimate of drug-likeness (QED) is 0.872. The van der Waals surface area contributed by atoms with E-state index in [0.717, 1.165) is 31.6 Å². The molecule has 0 spiro atoms. The Kier molecular flexibility index (Phi) is 5.94. The fraction of sp³-hybridized carbons (Fsp3) is 0.625. The number of hydrogen-bond donors (Lipinski definition) is 1. The molecule has 2 atom stereocenters. The van der Waals surface area contributed by atoms with Gasteiger partial charge in [0.05, 0.1) is 0 Å². The number of benzene rings is 1. The molecule has 0 radical (unpaired) electrons. The Labute approximate surface area is 125 Å². The summed E-state index contributed by atoms with van der Waals surface area (Å²) in [7, 11) is 1.97. The minimum atomic E-state index is -2.78. The van der Waals surface area contributed by atoms with E-state index in [-0.39, 0.29) is 11.8 Å². The average Bonchev–Trinajstić information content (AvgIpc) is 2.47. The Hall–Kier alpha value is -1.20. The molecule has 3 nitrogen and oxygen atoms in total. The Morgan fingerprint density at radius 2 is 2.14 bits per heavy atom. The third kappa shape index (κ3) is 4.38. The molecule has 21 heavy (non-hydrogen) atoms. The maximum absolute atomic E-state index is 12.5. The molecule has 1 aromatic rings. The van der Waals surface area contributed by atoms with Crippen molar-refractivity contribution in [2.75, 3.05) is 26.7 Å². The number of nitrogens with zero attached hydrogens (tertiary/aromatic N) is 1. The summed E-state index contributed by atoms with van der Waals surface area (Å²) < 4.78 is 29.7. The van der Waals surface area contributed by atoms with Crippen molar-refractivity contribution in [2.24, 2.45) is 5.92 Å². The van der Waals surface area contributed by atoms with Crippen LogP contribution in [0, 0.1) is 5.92 Å². The molecule has 0 saturated carbocycles. The van der Waals surface area contributed by atoms with Crippen LogP contribution in [0.15, 0.2) is 24.3 Å². The fourth-order valence-electron chi connectivity index (χ4n) is 3.13. The van der Waals surface area contributed by atoms with Gasteiger partial charge in [0, 0.05) is 18.2 Å². The molecule has 1 aliphatic rings. The van der Waals surface area contributed by atoms with E-state index in [2.05, 4.69) is 21.9 Å². The molecule has 1 aromatic carbocycles. The molecular weight excluding hydrogens is 274 g/mol. The van der Waals surface area contributed by atoms with Crippen LogP contribution >= 0.6 is 0 Å². The maximum atomic E-state index is 12.5. The summed E-state index contributed by atoms with van der Waals surface area (Å²) in [6.07, 6.45) is 2.37. The molecule has 0 amide bonds. The zero-order chi connectivity index (χ0) is 15.2. The first-order chi connectivity index (χ1) is 10.1. The molecule has 0 bridgehead atoms. The van der Waals surface area contributed by atoms with E-state index in [1.165, 1.54) is 6.42 Å². The second kappa shape index (κ2) is 7.71. The standard InChI is InChI=1S/C16H24F2N2O/c1-12(20-9-5-6-13(11-20)10-19-2)14-7-3-4-8-15(14)21-16(17)18/h3-4,7-8,12-13,16,19H,5-6,9-11H2,1-2H3. The third-order valence-electron chi connectivity index (χ3n) is 4.18. The van der Waals surface area contributed by atoms with E-state index in [1.807, 2.05) is 19.2 Å². The monoisotopic (exact) mass is 298 g/mol. The lowest BCUT2D eigenvalue weighted by atomic mass is 9.95. The van der Waals surface area contributed by atoms with Crippen LogP contribution in [0.5, 0.6) is 5.75 Å². The van der Waals surface area contributed by atoms with Gasteiger partial charge in [0.25, 0.3) is 0 Å². The number of halogens is 2. The van der Waals surface area contributed by atoms with E-state index in [1.54, 1.807) is 12.1 Å². The van der Waals surface area contributed by atoms with Gasteiger partial charge in [-0.2, -0.15) is 8.78 Å². The van der Waals surface area contributed by atoms with E-state index in [0.29, 0.717) is 5.92 Å². The first-order valence-corrected chi connectivity index (χ1v) is 7.54. The van der Waals surface area contributed by atoms with Crippen molar-refractivity contribution in [1.29, 1.82) is 0 Å². The first-order valence-electron chi connectivity index (χ1n) is 7.54. The third-order valence-corrected chi connectivity index (χ3v) is 4.18. The summed E-state index contributed by atoms with van der Waals surface area (Å²) in [6.45, 7) is 2.28. The Morgan fingerprint density at radius 1 is 1.38 bits per heavy atom. The summed E-state index contributed by atoms with van der Waals surface area (Å²) in [5.74, 6) is 0.908. The Bertz CT molecular complexity index is 440. The van der Waals surface area contributed by atoms with Crippen molar-refractivity contribution in [3.63, 3.8) is 0 Å². The van der Waals surface area contributed by atoms with Crippen molar-refractivity contribution in [3.8, 4) is 5.75 Å². The number of hydrogen-bond acceptors (Lipinski definition) is 3. The van der Waals surface area contributed by atoms with Gasteiger partial charge in [0.2, 0.25) is 0 Å². The summed E-state index contributed by atoms with van der Waals surface area (Å²) in [5.41, 5.74) is 0.836. The highest BCUT2D eigenvalue weighted by Gasteiger charge is 2.26. The zero-order valence-electron chi connectivity index (χ0n) is 12.7. The van der Waals surface area contributed by atoms with Crippen molar-refractivity contribution in [2.45, 2.75) is 32.4 Å². The summed E-state index contributed by atoms with van der Waals surface area (Å²) >= 11 is 0. The molecule has 1 aliphatic heterocycles. The predicted molar refractivity (Wildman–Crippen MR) is 79.7 cm³/mol. The van der Waals surface area contributed by atoms with E-state index < -0.39 is 6.61 Å². The SMILES string of the molecule is CNCC1CCCN(C(C)c2ccccc2OC(F)F)C1. The average molecular weight is 298 g/mol. The molecule has 118 valence electrons. The minimum absolute atomic E-state index is 0.0830. The molecule has 0 aliphatic carbocycles. The summed E-state index contributed by atoms with van der Waals surface area (Å²) in [4.78, 5) is 2.36. The highest BCUT2D eigenvalue weighted by atomic mass is 19.3. The smallest absolute Gasteiger partial charge is 0.387 e. The van der Waals surface area contributed by atoms with Gasteiger partial charge in [0.15, 0.2) is 0 Å². The lowest BCUT2D eigenvalue weighted by Gasteiger charge is -2.37. The van der Waals surface area contributed by atoms with E-state index in [4.69, 9.17) is 0 Å². The molecule has 1 fully saturated rings. The second-order valence-corrected chi connectivity index (χ2v) is 5.65. The second-order valence-electron chi connectivity index (χ2n) is 5.65. The predicted octanol–water partition coefficient (Wildman–Crippen LogP) is 3.28. The van der Waals surface area contributed by atoms with Gasteiger partial charge in [0.1, 0.15) is 5.75 Å². The molecular formula is C16H24F2N2O. The van der Waals surface area contributed by atoms with Gasteiger partial charge in [-0.15, -0.1) is 0 Å². The number of piperidine rings is 1. The van der Waals surface area contributed by atoms with Crippen LogP contribution in [0.2, 0.25) is 0 Å². The fourth-order valence-corrected chi connectivity index (χ4v) is 3.13. The molecule has 5 heteroatoms. The molecule has 1 N–H and O–H groups in total. The van der Waals surface area contributed by atoms with E-state index >= 15 is 0 Å². The van der Waals surface area contributed by atoms with Gasteiger partial charge in [-0.05, 0) is 51.9 Å². The van der Waals surface area contributed by atoms with Crippen LogP contribution in [0.1, 0.15) is 31.4 Å². The maximum Gasteiger partial charge on any atom is 0.387 e. The normalized spacial score (nSPS) is 21.5. The minimum Gasteiger partial charge on any atom is -0.434 e. The highest BCUT2D eigenvalue weighted by molar-refractivity contribution is 5.35. The van der Waals surface area contributed by atoms with Crippen molar-refractivity contribution in [1.82, 2.24) is 10.2 Å². The number of alkyl halides is 2. The summed E-state index contributed by atoms with van der Waals surface area (Å²) in [6, 6.07) is 7.18. The van der Waals surface area contributed by atoms with Crippen LogP contribution < -0.4 is 10.1 Å². The number of nitrogens with one attached hydrogen (secondary N) is 1. The van der Waals surface area contributed by atoms with Gasteiger partial charge in [-0.1, -0.05) is 18.2 Å². The molecule has 1 heterocycles. The largest absolute Gasteiger partial charge is 0.434 e. The molecule has 2 unspecified atom stereocenters. The van der Waals surface area contributed by atoms with Crippen molar-refractivity contribution in [3.05, 3.63) is 29.8 Å². The van der Waals surface area contributed by atoms with Crippen molar-refractivity contribution < 1.29 is 13.5 Å². The molecule has 1 saturated heterocycles. The van der Waals surface area contributed by atoms with Crippen LogP contribution in [0.4, 0.5) is 8.78 Å². The van der Waals surface area contributed by atoms with Gasteiger partial charge in [-0.25, -0.2) is 0 Å². The van der Waals surface area contributed by atoms with Crippen LogP contribution in [-0.4, -0.2) is 38.2 Å². The van der Waals surface area contributed by atoms with Gasteiger partial charge in [-0.3, -0.25) is 4.90 Å². The van der Waals surface area contributed by atoms with Gasteiger partial charge >= 0.3 is 6.61 Å². The van der Waals surface area contributed by atoms with Crippen LogP contribution in [0.3, 0.4) is 0 Å². The van der Waals surface area contributed by atoms with E-state index in [9.17, 15) is 8.78 Å². The molecule has 2 rings (SSSR count). The molecule has 0 aromatic heterocycles. The van der Waals surface area contributed by atoms with Crippen LogP contribution in [-0.2, 0) is 0 Å². The number of likely N-dealkylation sites (tertiary alicyclic amines) is 1. The lowest BCUT2D eigenvalue weighted by Crippen LogP contribution is -2.40. The number of ether oxygens (including phenoxy) is 1. The highest BCUT2D eigenvalue weighted by Crippen LogP contribution is 2.32. The lowest BCUT2D eigenvalue weighted by molar-refractivity contribution is -0.0512. The zero-order valence-corrected chi connectivity index (χ0v) is 12.7. The van der Waals surface area contributed by atoms with Crippen molar-refractivity contribution >= 4 is 0 Å². The topological polar surface area (TPSA) is 24.5 Å². The Balaban J connectivity index is 2.10. The van der Waals surface area contributed by atoms with Crippen LogP contribution in [0.25, 0.3) is 0 Å². The first kappa shape index (κ1) is 16.2. The number of para-hydroxylation sites is 1. The Morgan fingerprint density at radius 3 is 2.86 bits per heavy atom. The summed E-state index contributed by atoms with van der Waals surface area (Å²) in [5, 5.41) is 3.22. The van der Waals surface area contributed by atoms with Gasteiger partial charge < -0.3 is 10.1 Å². The number of rotatable bonds is 6.